The van der Waals surface area contributed by atoms with E-state index in [0.717, 1.165) is 47.1 Å². The zero-order valence-corrected chi connectivity index (χ0v) is 29.4. The van der Waals surface area contributed by atoms with Gasteiger partial charge in [0.15, 0.2) is 12.3 Å². The molecule has 4 rings (SSSR count). The van der Waals surface area contributed by atoms with Crippen molar-refractivity contribution < 1.29 is 23.6 Å². The first-order valence-electron chi connectivity index (χ1n) is 16.7. The lowest BCUT2D eigenvalue weighted by Crippen LogP contribution is -2.40. The highest BCUT2D eigenvalue weighted by molar-refractivity contribution is 6.03. The van der Waals surface area contributed by atoms with Gasteiger partial charge in [0.05, 0.1) is 26.2 Å². The number of allylic oxidation sites excluding steroid dienone is 4. The standard InChI is InChI=1S/C37H52N6O4/c1-9-18-38-34(44)40-20-22-42-30-16-14-26(46-7)24-28(30)36(3,4)32(42)12-11-13-33-37(5,6)29-25-27(47-8)15-17-31(29)43(33)23-21-41-35(45)39-19-10-2/h11-17,24-25H,9-10,18-23H2,1-8H3,(H3-,38,39,40,41,44,45)/p+1. The second kappa shape index (κ2) is 15.4. The number of ether oxygens (including phenoxy) is 2. The molecule has 4 N–H and O–H groups in total. The number of benzene rings is 2. The summed E-state index contributed by atoms with van der Waals surface area (Å²) in [4.78, 5) is 26.9. The molecule has 10 heteroatoms. The van der Waals surface area contributed by atoms with Gasteiger partial charge in [0.25, 0.3) is 0 Å². The molecule has 0 atom stereocenters. The summed E-state index contributed by atoms with van der Waals surface area (Å²) in [5.74, 6) is 1.63. The molecule has 2 aliphatic rings. The third-order valence-corrected chi connectivity index (χ3v) is 9.02. The first kappa shape index (κ1) is 35.4. The summed E-state index contributed by atoms with van der Waals surface area (Å²) in [5, 5.41) is 11.8. The van der Waals surface area contributed by atoms with Gasteiger partial charge in [-0.1, -0.05) is 33.8 Å². The van der Waals surface area contributed by atoms with E-state index in [-0.39, 0.29) is 22.9 Å². The fourth-order valence-electron chi connectivity index (χ4n) is 6.44. The fourth-order valence-corrected chi connectivity index (χ4v) is 6.44. The van der Waals surface area contributed by atoms with Crippen LogP contribution in [0.4, 0.5) is 21.0 Å². The number of hydrogen-bond acceptors (Lipinski definition) is 5. The molecule has 0 radical (unpaired) electrons. The lowest BCUT2D eigenvalue weighted by atomic mass is 9.81. The van der Waals surface area contributed by atoms with Crippen molar-refractivity contribution in [3.63, 3.8) is 0 Å². The number of urea groups is 2. The van der Waals surface area contributed by atoms with Crippen molar-refractivity contribution in [3.8, 4) is 11.5 Å². The van der Waals surface area contributed by atoms with Crippen LogP contribution in [0.3, 0.4) is 0 Å². The lowest BCUT2D eigenvalue weighted by Gasteiger charge is -2.27. The SMILES string of the molecule is CCCNC(=O)NCCN1C(=CC=CC2=[N+](CCNC(=O)NCCC)c3ccc(OC)cc3C2(C)C)C(C)(C)c2cc(OC)ccc21. The van der Waals surface area contributed by atoms with Crippen molar-refractivity contribution in [1.82, 2.24) is 21.3 Å². The molecule has 0 saturated heterocycles. The van der Waals surface area contributed by atoms with E-state index in [0.29, 0.717) is 39.3 Å². The second-order valence-corrected chi connectivity index (χ2v) is 13.0. The molecule has 0 aliphatic carbocycles. The van der Waals surface area contributed by atoms with Crippen LogP contribution in [0.25, 0.3) is 0 Å². The summed E-state index contributed by atoms with van der Waals surface area (Å²) in [6.07, 6.45) is 8.27. The van der Waals surface area contributed by atoms with Crippen LogP contribution in [-0.2, 0) is 10.8 Å². The van der Waals surface area contributed by atoms with Crippen LogP contribution >= 0.6 is 0 Å². The van der Waals surface area contributed by atoms with Crippen LogP contribution in [-0.4, -0.2) is 75.8 Å². The number of anilines is 1. The molecular formula is C37H53N6O4+. The van der Waals surface area contributed by atoms with Gasteiger partial charge < -0.3 is 35.6 Å². The van der Waals surface area contributed by atoms with Crippen molar-refractivity contribution in [3.05, 3.63) is 71.5 Å². The smallest absolute Gasteiger partial charge is 0.315 e. The first-order valence-corrected chi connectivity index (χ1v) is 16.7. The summed E-state index contributed by atoms with van der Waals surface area (Å²) in [5.41, 5.74) is 6.21. The highest BCUT2D eigenvalue weighted by atomic mass is 16.5. The normalized spacial score (nSPS) is 16.7. The van der Waals surface area contributed by atoms with E-state index in [4.69, 9.17) is 9.47 Å². The molecule has 0 unspecified atom stereocenters. The van der Waals surface area contributed by atoms with Crippen molar-refractivity contribution in [2.45, 2.75) is 65.2 Å². The number of nitrogens with zero attached hydrogens (tertiary/aromatic N) is 2. The third-order valence-electron chi connectivity index (χ3n) is 9.02. The summed E-state index contributed by atoms with van der Waals surface area (Å²) in [6.45, 7) is 16.5. The van der Waals surface area contributed by atoms with E-state index < -0.39 is 0 Å². The molecule has 0 saturated carbocycles. The lowest BCUT2D eigenvalue weighted by molar-refractivity contribution is -0.435. The van der Waals surface area contributed by atoms with Gasteiger partial charge in [0, 0.05) is 60.7 Å². The molecule has 0 fully saturated rings. The molecule has 4 amide bonds. The van der Waals surface area contributed by atoms with Crippen molar-refractivity contribution in [1.29, 1.82) is 0 Å². The zero-order valence-electron chi connectivity index (χ0n) is 29.4. The summed E-state index contributed by atoms with van der Waals surface area (Å²) in [7, 11) is 3.37. The van der Waals surface area contributed by atoms with Crippen LogP contribution < -0.4 is 35.6 Å². The third kappa shape index (κ3) is 7.75. The Bertz CT molecular complexity index is 1540. The summed E-state index contributed by atoms with van der Waals surface area (Å²) in [6, 6.07) is 12.1. The van der Waals surface area contributed by atoms with Gasteiger partial charge >= 0.3 is 12.1 Å². The molecule has 0 spiro atoms. The Hall–Kier alpha value is -4.47. The van der Waals surface area contributed by atoms with E-state index in [1.54, 1.807) is 14.2 Å². The second-order valence-electron chi connectivity index (χ2n) is 13.0. The summed E-state index contributed by atoms with van der Waals surface area (Å²) < 4.78 is 13.5. The predicted molar refractivity (Wildman–Crippen MR) is 190 cm³/mol. The highest BCUT2D eigenvalue weighted by Crippen LogP contribution is 2.49. The number of carbonyl (C=O) groups excluding carboxylic acids is 2. The van der Waals surface area contributed by atoms with E-state index in [1.165, 1.54) is 11.1 Å². The predicted octanol–water partition coefficient (Wildman–Crippen LogP) is 5.74. The number of rotatable bonds is 14. The Balaban J connectivity index is 1.68. The van der Waals surface area contributed by atoms with Gasteiger partial charge in [0.1, 0.15) is 11.5 Å². The average Bonchev–Trinajstić information content (AvgIpc) is 3.40. The van der Waals surface area contributed by atoms with Gasteiger partial charge in [-0.25, -0.2) is 9.59 Å². The molecule has 0 aromatic heterocycles. The van der Waals surface area contributed by atoms with E-state index in [2.05, 4.69) is 101 Å². The maximum Gasteiger partial charge on any atom is 0.315 e. The minimum Gasteiger partial charge on any atom is -0.497 e. The van der Waals surface area contributed by atoms with E-state index >= 15 is 0 Å². The largest absolute Gasteiger partial charge is 0.497 e. The Morgan fingerprint density at radius 1 is 0.787 bits per heavy atom. The number of amides is 4. The maximum atomic E-state index is 12.3. The van der Waals surface area contributed by atoms with Crippen LogP contribution in [0.5, 0.6) is 11.5 Å². The molecule has 2 aromatic rings. The molecule has 2 heterocycles. The van der Waals surface area contributed by atoms with Crippen LogP contribution in [0.1, 0.15) is 65.5 Å². The van der Waals surface area contributed by atoms with Gasteiger partial charge in [-0.2, -0.15) is 4.58 Å². The molecule has 47 heavy (non-hydrogen) atoms. The molecule has 2 aliphatic heterocycles. The quantitative estimate of drug-likeness (QED) is 0.196. The first-order chi connectivity index (χ1) is 22.5. The Kier molecular flexibility index (Phi) is 11.6. The number of hydrogen-bond donors (Lipinski definition) is 4. The molecule has 2 aromatic carbocycles. The fraction of sp³-hybridized carbons (Fsp3) is 0.486. The number of carbonyl (C=O) groups is 2. The van der Waals surface area contributed by atoms with Gasteiger partial charge in [-0.05, 0) is 68.7 Å². The Morgan fingerprint density at radius 2 is 1.36 bits per heavy atom. The molecule has 0 bridgehead atoms. The monoisotopic (exact) mass is 645 g/mol. The van der Waals surface area contributed by atoms with Gasteiger partial charge in [0.2, 0.25) is 5.69 Å². The minimum absolute atomic E-state index is 0.154. The minimum atomic E-state index is -0.305. The van der Waals surface area contributed by atoms with Crippen LogP contribution in [0.2, 0.25) is 0 Å². The van der Waals surface area contributed by atoms with Crippen LogP contribution in [0.15, 0.2) is 60.3 Å². The Morgan fingerprint density at radius 3 is 1.98 bits per heavy atom. The number of fused-ring (bicyclic) bond motifs is 2. The highest BCUT2D eigenvalue weighted by Gasteiger charge is 2.45. The Labute approximate surface area is 280 Å². The molecular weight excluding hydrogens is 592 g/mol. The van der Waals surface area contributed by atoms with Crippen molar-refractivity contribution >= 4 is 29.1 Å². The topological polar surface area (TPSA) is 107 Å². The van der Waals surface area contributed by atoms with Crippen molar-refractivity contribution in [2.24, 2.45) is 0 Å². The van der Waals surface area contributed by atoms with Gasteiger partial charge in [-0.15, -0.1) is 0 Å². The number of methoxy groups -OCH3 is 2. The van der Waals surface area contributed by atoms with Gasteiger partial charge in [-0.3, -0.25) is 0 Å². The van der Waals surface area contributed by atoms with E-state index in [9.17, 15) is 9.59 Å². The van der Waals surface area contributed by atoms with Crippen molar-refractivity contribution in [2.75, 3.05) is 58.4 Å². The zero-order chi connectivity index (χ0) is 34.2. The van der Waals surface area contributed by atoms with Crippen LogP contribution in [0, 0.1) is 0 Å². The summed E-state index contributed by atoms with van der Waals surface area (Å²) >= 11 is 0. The maximum absolute atomic E-state index is 12.3. The van der Waals surface area contributed by atoms with E-state index in [1.807, 2.05) is 26.0 Å². The molecule has 10 nitrogen and oxygen atoms in total. The molecule has 254 valence electrons. The number of nitrogens with one attached hydrogen (secondary N) is 4. The average molecular weight is 646 g/mol.